The Kier molecular flexibility index (Phi) is 2.40. The summed E-state index contributed by atoms with van der Waals surface area (Å²) in [5, 5.41) is 0. The van der Waals surface area contributed by atoms with Gasteiger partial charge in [0.15, 0.2) is 0 Å². The molecule has 0 bridgehead atoms. The van der Waals surface area contributed by atoms with E-state index in [0.29, 0.717) is 0 Å². The maximum atomic E-state index is 4.28. The average Bonchev–Trinajstić information content (AvgIpc) is 2.11. The van der Waals surface area contributed by atoms with Gasteiger partial charge >= 0.3 is 70.7 Å². The molecule has 56 valence electrons. The zero-order valence-corrected chi connectivity index (χ0v) is 10.6. The molecule has 0 aliphatic heterocycles. The van der Waals surface area contributed by atoms with Gasteiger partial charge in [0, 0.05) is 0 Å². The molecule has 0 aliphatic carbocycles. The normalized spacial score (nSPS) is 12.0. The van der Waals surface area contributed by atoms with Gasteiger partial charge in [0.25, 0.3) is 0 Å². The Bertz CT molecular complexity index is 224. The van der Waals surface area contributed by atoms with E-state index in [2.05, 4.69) is 32.2 Å². The summed E-state index contributed by atoms with van der Waals surface area (Å²) >= 11 is -0.0357. The Labute approximate surface area is 70.5 Å². The predicted octanol–water partition coefficient (Wildman–Crippen LogP) is 2.00. The van der Waals surface area contributed by atoms with Crippen LogP contribution >= 0.6 is 11.5 Å². The Morgan fingerprint density at radius 1 is 1.40 bits per heavy atom. The second-order valence-corrected chi connectivity index (χ2v) is 19.8. The van der Waals surface area contributed by atoms with Crippen molar-refractivity contribution in [3.8, 4) is 0 Å². The van der Waals surface area contributed by atoms with E-state index >= 15 is 0 Å². The van der Waals surface area contributed by atoms with E-state index in [4.69, 9.17) is 0 Å². The SMILES string of the molecule is Cc1c[c]([Sn]([CH3])([CH3])[CH3])sn1. The quantitative estimate of drug-likeness (QED) is 0.705. The number of aryl methyl sites for hydroxylation is 1. The van der Waals surface area contributed by atoms with Crippen LogP contribution in [-0.4, -0.2) is 22.8 Å². The third-order valence-corrected chi connectivity index (χ3v) is 11.6. The summed E-state index contributed by atoms with van der Waals surface area (Å²) in [7, 11) is 0. The van der Waals surface area contributed by atoms with E-state index in [0.717, 1.165) is 0 Å². The fourth-order valence-electron chi connectivity index (χ4n) is 0.717. The molecule has 1 rings (SSSR count). The molecule has 1 heterocycles. The number of rotatable bonds is 1. The Morgan fingerprint density at radius 2 is 2.00 bits per heavy atom. The van der Waals surface area contributed by atoms with E-state index in [1.165, 1.54) is 5.69 Å². The molecule has 0 atom stereocenters. The summed E-state index contributed by atoms with van der Waals surface area (Å²) in [6, 6.07) is 2.25. The van der Waals surface area contributed by atoms with E-state index in [1.807, 2.05) is 0 Å². The summed E-state index contributed by atoms with van der Waals surface area (Å²) in [4.78, 5) is 7.25. The molecule has 0 spiro atoms. The van der Waals surface area contributed by atoms with Gasteiger partial charge in [-0.1, -0.05) is 0 Å². The van der Waals surface area contributed by atoms with E-state index in [-0.39, 0.29) is 0 Å². The summed E-state index contributed by atoms with van der Waals surface area (Å²) in [5.41, 5.74) is 1.19. The molecule has 1 aromatic rings. The third-order valence-electron chi connectivity index (χ3n) is 1.37. The van der Waals surface area contributed by atoms with Crippen molar-refractivity contribution in [3.63, 3.8) is 0 Å². The van der Waals surface area contributed by atoms with Crippen molar-refractivity contribution < 1.29 is 0 Å². The average molecular weight is 262 g/mol. The standard InChI is InChI=1S/C4H4NS.3CH3.Sn/c1-4-2-3-6-5-4;;;;/h2H,1H3;3*1H3;. The fraction of sp³-hybridized carbons (Fsp3) is 0.571. The zero-order chi connectivity index (χ0) is 7.78. The monoisotopic (exact) mass is 263 g/mol. The first kappa shape index (κ1) is 8.52. The van der Waals surface area contributed by atoms with Crippen molar-refractivity contribution in [1.82, 2.24) is 4.37 Å². The molecule has 10 heavy (non-hydrogen) atoms. The summed E-state index contributed by atoms with van der Waals surface area (Å²) < 4.78 is 5.85. The van der Waals surface area contributed by atoms with Crippen molar-refractivity contribution in [2.45, 2.75) is 21.7 Å². The van der Waals surface area contributed by atoms with Crippen molar-refractivity contribution in [1.29, 1.82) is 0 Å². The van der Waals surface area contributed by atoms with Crippen LogP contribution in [0.25, 0.3) is 0 Å². The molecule has 0 N–H and O–H groups in total. The van der Waals surface area contributed by atoms with Crippen LogP contribution in [0.3, 0.4) is 0 Å². The van der Waals surface area contributed by atoms with Crippen molar-refractivity contribution in [2.24, 2.45) is 0 Å². The maximum absolute atomic E-state index is 4.28. The molecular weight excluding hydrogens is 249 g/mol. The molecule has 0 saturated carbocycles. The minimum absolute atomic E-state index is 1.19. The molecule has 1 nitrogen and oxygen atoms in total. The first-order valence-electron chi connectivity index (χ1n) is 3.44. The zero-order valence-electron chi connectivity index (χ0n) is 6.93. The molecule has 0 amide bonds. The molecule has 1 aromatic heterocycles. The molecular formula is C7H13NSSn. The molecule has 0 saturated heterocycles. The van der Waals surface area contributed by atoms with Gasteiger partial charge < -0.3 is 0 Å². The number of nitrogens with zero attached hydrogens (tertiary/aromatic N) is 1. The number of hydrogen-bond donors (Lipinski definition) is 0. The first-order chi connectivity index (χ1) is 4.50. The van der Waals surface area contributed by atoms with Crippen LogP contribution < -0.4 is 2.89 Å². The van der Waals surface area contributed by atoms with Gasteiger partial charge in [0.2, 0.25) is 0 Å². The van der Waals surface area contributed by atoms with E-state index < -0.39 is 18.4 Å². The number of aromatic nitrogens is 1. The van der Waals surface area contributed by atoms with Crippen LogP contribution in [0.1, 0.15) is 5.69 Å². The van der Waals surface area contributed by atoms with E-state index in [1.54, 1.807) is 14.4 Å². The van der Waals surface area contributed by atoms with Crippen LogP contribution in [0.2, 0.25) is 14.8 Å². The van der Waals surface area contributed by atoms with Crippen LogP contribution in [0, 0.1) is 6.92 Å². The van der Waals surface area contributed by atoms with Gasteiger partial charge in [-0.25, -0.2) is 0 Å². The first-order valence-corrected chi connectivity index (χ1v) is 14.2. The Morgan fingerprint density at radius 3 is 2.20 bits per heavy atom. The van der Waals surface area contributed by atoms with Crippen molar-refractivity contribution in [3.05, 3.63) is 11.8 Å². The van der Waals surface area contributed by atoms with Crippen LogP contribution in [0.5, 0.6) is 0 Å². The Hall–Kier alpha value is 0.429. The van der Waals surface area contributed by atoms with Crippen molar-refractivity contribution in [2.75, 3.05) is 0 Å². The van der Waals surface area contributed by atoms with Gasteiger partial charge in [-0.05, 0) is 0 Å². The van der Waals surface area contributed by atoms with Crippen molar-refractivity contribution >= 4 is 32.8 Å². The topological polar surface area (TPSA) is 12.9 Å². The third kappa shape index (κ3) is 1.95. The van der Waals surface area contributed by atoms with Crippen LogP contribution in [0.15, 0.2) is 6.07 Å². The van der Waals surface area contributed by atoms with Gasteiger partial charge in [0.05, 0.1) is 0 Å². The second-order valence-electron chi connectivity index (χ2n) is 3.58. The van der Waals surface area contributed by atoms with Gasteiger partial charge in [-0.15, -0.1) is 0 Å². The molecule has 0 fully saturated rings. The molecule has 0 radical (unpaired) electrons. The van der Waals surface area contributed by atoms with Gasteiger partial charge in [0.1, 0.15) is 0 Å². The van der Waals surface area contributed by atoms with Crippen LogP contribution in [0.4, 0.5) is 0 Å². The molecule has 0 aromatic carbocycles. The summed E-state index contributed by atoms with van der Waals surface area (Å²) in [6.07, 6.45) is 0. The second kappa shape index (κ2) is 2.81. The summed E-state index contributed by atoms with van der Waals surface area (Å²) in [6.45, 7) is 2.07. The molecule has 3 heteroatoms. The molecule has 0 unspecified atom stereocenters. The van der Waals surface area contributed by atoms with Gasteiger partial charge in [-0.2, -0.15) is 0 Å². The molecule has 0 aliphatic rings. The Balaban J connectivity index is 2.96. The predicted molar refractivity (Wildman–Crippen MR) is 49.8 cm³/mol. The minimum atomic E-state index is -1.74. The summed E-state index contributed by atoms with van der Waals surface area (Å²) in [5.74, 6) is 0. The number of hydrogen-bond acceptors (Lipinski definition) is 2. The fourth-order valence-corrected chi connectivity index (χ4v) is 6.08. The van der Waals surface area contributed by atoms with Crippen LogP contribution in [-0.2, 0) is 0 Å². The van der Waals surface area contributed by atoms with E-state index in [9.17, 15) is 0 Å². The van der Waals surface area contributed by atoms with Gasteiger partial charge in [-0.3, -0.25) is 0 Å².